The number of sulfonamides is 1. The number of nitrogens with one attached hydrogen (secondary N) is 2. The Morgan fingerprint density at radius 1 is 1.03 bits per heavy atom. The Morgan fingerprint density at radius 3 is 2.27 bits per heavy atom. The molecule has 1 amide bonds. The Balaban J connectivity index is 1.63. The predicted octanol–water partition coefficient (Wildman–Crippen LogP) is 4.23. The maximum Gasteiger partial charge on any atom is 0.261 e. The first-order chi connectivity index (χ1) is 15.5. The number of rotatable bonds is 6. The van der Waals surface area contributed by atoms with Crippen LogP contribution >= 0.6 is 0 Å². The van der Waals surface area contributed by atoms with E-state index >= 15 is 0 Å². The molecule has 3 aromatic rings. The van der Waals surface area contributed by atoms with E-state index < -0.39 is 10.0 Å². The average molecular weight is 468 g/mol. The molecule has 1 saturated heterocycles. The lowest BCUT2D eigenvalue weighted by molar-refractivity contribution is -0.114. The first-order valence-electron chi connectivity index (χ1n) is 10.9. The van der Waals surface area contributed by atoms with Gasteiger partial charge in [0.05, 0.1) is 21.6 Å². The number of aromatic nitrogens is 2. The summed E-state index contributed by atoms with van der Waals surface area (Å²) in [7, 11) is -3.79. The van der Waals surface area contributed by atoms with Gasteiger partial charge in [0.15, 0.2) is 0 Å². The van der Waals surface area contributed by atoms with E-state index in [9.17, 15) is 13.2 Å². The quantitative estimate of drug-likeness (QED) is 0.566. The van der Waals surface area contributed by atoms with Crippen molar-refractivity contribution in [3.8, 4) is 0 Å². The lowest BCUT2D eigenvalue weighted by Crippen LogP contribution is -2.32. The van der Waals surface area contributed by atoms with Crippen molar-refractivity contribution >= 4 is 44.5 Å². The van der Waals surface area contributed by atoms with E-state index in [2.05, 4.69) is 46.5 Å². The molecule has 9 heteroatoms. The van der Waals surface area contributed by atoms with Gasteiger partial charge >= 0.3 is 0 Å². The van der Waals surface area contributed by atoms with Crippen molar-refractivity contribution in [2.24, 2.45) is 0 Å². The third-order valence-electron chi connectivity index (χ3n) is 5.41. The van der Waals surface area contributed by atoms with Gasteiger partial charge < -0.3 is 14.8 Å². The van der Waals surface area contributed by atoms with Crippen molar-refractivity contribution in [1.82, 2.24) is 14.5 Å². The van der Waals surface area contributed by atoms with Gasteiger partial charge in [-0.3, -0.25) is 9.52 Å². The summed E-state index contributed by atoms with van der Waals surface area (Å²) in [6.07, 6.45) is 5.33. The van der Waals surface area contributed by atoms with Crippen molar-refractivity contribution in [3.05, 3.63) is 54.5 Å². The second-order valence-electron chi connectivity index (χ2n) is 9.26. The van der Waals surface area contributed by atoms with Gasteiger partial charge in [0.1, 0.15) is 5.82 Å². The number of likely N-dealkylation sites (tertiary alicyclic amines) is 1. The van der Waals surface area contributed by atoms with Crippen LogP contribution in [0.4, 0.5) is 11.4 Å². The molecule has 0 saturated carbocycles. The van der Waals surface area contributed by atoms with Gasteiger partial charge in [-0.15, -0.1) is 0 Å². The van der Waals surface area contributed by atoms with Gasteiger partial charge in [-0.05, 0) is 48.9 Å². The summed E-state index contributed by atoms with van der Waals surface area (Å²) in [4.78, 5) is 18.3. The number of hydrogen-bond acceptors (Lipinski definition) is 5. The molecule has 2 heterocycles. The number of nitrogens with zero attached hydrogens (tertiary/aromatic N) is 3. The summed E-state index contributed by atoms with van der Waals surface area (Å²) in [5.74, 6) is 0.689. The maximum atomic E-state index is 12.9. The molecule has 0 spiro atoms. The standard InChI is InChI=1S/C24H29N5O3S/c1-17(30)25-18-6-9-20(10-7-18)33(31,32)27-19-8-11-22-21(16-19)26-23(24(2,3)4)29(22)15-14-28-12-5-13-28/h6-11,14-16,27H,5,12-13H2,1-4H3,(H,25,30)/b15-14+. The predicted molar refractivity (Wildman–Crippen MR) is 132 cm³/mol. The minimum absolute atomic E-state index is 0.107. The SMILES string of the molecule is CC(=O)Nc1ccc(S(=O)(=O)Nc2ccc3c(c2)nc(C(C)(C)C)n3/C=C/N2CCC2)cc1. The van der Waals surface area contributed by atoms with Gasteiger partial charge in [0.25, 0.3) is 10.0 Å². The van der Waals surface area contributed by atoms with Crippen LogP contribution in [0.1, 0.15) is 39.9 Å². The molecule has 2 aromatic carbocycles. The first kappa shape index (κ1) is 22.8. The van der Waals surface area contributed by atoms with Crippen LogP contribution < -0.4 is 10.0 Å². The zero-order chi connectivity index (χ0) is 23.8. The molecular weight excluding hydrogens is 438 g/mol. The van der Waals surface area contributed by atoms with E-state index in [1.165, 1.54) is 25.5 Å². The van der Waals surface area contributed by atoms with E-state index in [1.807, 2.05) is 12.3 Å². The lowest BCUT2D eigenvalue weighted by atomic mass is 9.96. The van der Waals surface area contributed by atoms with Crippen LogP contribution in [0.3, 0.4) is 0 Å². The van der Waals surface area contributed by atoms with E-state index in [-0.39, 0.29) is 16.2 Å². The van der Waals surface area contributed by atoms with Gasteiger partial charge in [-0.1, -0.05) is 20.8 Å². The third kappa shape index (κ3) is 5.03. The average Bonchev–Trinajstić information content (AvgIpc) is 3.05. The van der Waals surface area contributed by atoms with Crippen LogP contribution in [0, 0.1) is 0 Å². The number of imidazole rings is 1. The maximum absolute atomic E-state index is 12.9. The normalized spacial score (nSPS) is 14.5. The molecule has 0 unspecified atom stereocenters. The Labute approximate surface area is 194 Å². The summed E-state index contributed by atoms with van der Waals surface area (Å²) >= 11 is 0. The molecule has 174 valence electrons. The van der Waals surface area contributed by atoms with Crippen molar-refractivity contribution in [1.29, 1.82) is 0 Å². The molecular formula is C24H29N5O3S. The molecule has 0 aliphatic carbocycles. The van der Waals surface area contributed by atoms with Gasteiger partial charge in [0.2, 0.25) is 5.91 Å². The second kappa shape index (κ2) is 8.55. The number of fused-ring (bicyclic) bond motifs is 1. The number of hydrogen-bond donors (Lipinski definition) is 2. The van der Waals surface area contributed by atoms with Crippen molar-refractivity contribution in [2.75, 3.05) is 23.1 Å². The van der Waals surface area contributed by atoms with Crippen LogP contribution in [-0.2, 0) is 20.2 Å². The van der Waals surface area contributed by atoms with Crippen LogP contribution in [0.15, 0.2) is 53.6 Å². The highest BCUT2D eigenvalue weighted by Gasteiger charge is 2.23. The molecule has 4 rings (SSSR count). The largest absolute Gasteiger partial charge is 0.376 e. The summed E-state index contributed by atoms with van der Waals surface area (Å²) in [5.41, 5.74) is 2.42. The molecule has 1 aliphatic heterocycles. The molecule has 0 bridgehead atoms. The van der Waals surface area contributed by atoms with E-state index in [4.69, 9.17) is 4.98 Å². The highest BCUT2D eigenvalue weighted by Crippen LogP contribution is 2.29. The fourth-order valence-corrected chi connectivity index (χ4v) is 4.68. The van der Waals surface area contributed by atoms with Crippen LogP contribution in [0.2, 0.25) is 0 Å². The Morgan fingerprint density at radius 2 is 1.70 bits per heavy atom. The molecule has 8 nitrogen and oxygen atoms in total. The Kier molecular flexibility index (Phi) is 5.92. The smallest absolute Gasteiger partial charge is 0.261 e. The minimum Gasteiger partial charge on any atom is -0.376 e. The number of benzene rings is 2. The summed E-state index contributed by atoms with van der Waals surface area (Å²) in [5, 5.41) is 2.62. The van der Waals surface area contributed by atoms with Crippen molar-refractivity contribution in [2.45, 2.75) is 44.4 Å². The number of amides is 1. The highest BCUT2D eigenvalue weighted by atomic mass is 32.2. The number of carbonyl (C=O) groups excluding carboxylic acids is 1. The summed E-state index contributed by atoms with van der Waals surface area (Å²) in [6.45, 7) is 9.84. The first-order valence-corrected chi connectivity index (χ1v) is 12.4. The molecule has 33 heavy (non-hydrogen) atoms. The van der Waals surface area contributed by atoms with Crippen LogP contribution in [-0.4, -0.2) is 41.9 Å². The van der Waals surface area contributed by atoms with Gasteiger partial charge in [0, 0.05) is 43.5 Å². The fourth-order valence-electron chi connectivity index (χ4n) is 3.63. The van der Waals surface area contributed by atoms with Crippen LogP contribution in [0.5, 0.6) is 0 Å². The minimum atomic E-state index is -3.79. The number of anilines is 2. The molecule has 2 N–H and O–H groups in total. The summed E-state index contributed by atoms with van der Waals surface area (Å²) < 4.78 is 30.5. The molecule has 1 aliphatic rings. The van der Waals surface area contributed by atoms with Crippen molar-refractivity contribution < 1.29 is 13.2 Å². The van der Waals surface area contributed by atoms with Crippen LogP contribution in [0.25, 0.3) is 17.2 Å². The zero-order valence-electron chi connectivity index (χ0n) is 19.3. The lowest BCUT2D eigenvalue weighted by Gasteiger charge is -2.29. The molecule has 1 fully saturated rings. The zero-order valence-corrected chi connectivity index (χ0v) is 20.1. The Bertz CT molecular complexity index is 1310. The monoisotopic (exact) mass is 467 g/mol. The second-order valence-corrected chi connectivity index (χ2v) is 10.9. The topological polar surface area (TPSA) is 96.3 Å². The summed E-state index contributed by atoms with van der Waals surface area (Å²) in [6, 6.07) is 11.4. The number of carbonyl (C=O) groups is 1. The van der Waals surface area contributed by atoms with Crippen molar-refractivity contribution in [3.63, 3.8) is 0 Å². The van der Waals surface area contributed by atoms with E-state index in [1.54, 1.807) is 24.3 Å². The van der Waals surface area contributed by atoms with Gasteiger partial charge in [-0.2, -0.15) is 0 Å². The molecule has 1 aromatic heterocycles. The van der Waals surface area contributed by atoms with E-state index in [0.717, 1.165) is 29.9 Å². The third-order valence-corrected chi connectivity index (χ3v) is 6.81. The van der Waals surface area contributed by atoms with Gasteiger partial charge in [-0.25, -0.2) is 13.4 Å². The van der Waals surface area contributed by atoms with E-state index in [0.29, 0.717) is 11.4 Å². The fraction of sp³-hybridized carbons (Fsp3) is 0.333. The Hall–Kier alpha value is -3.33. The molecule has 0 atom stereocenters. The highest BCUT2D eigenvalue weighted by molar-refractivity contribution is 7.92. The molecule has 0 radical (unpaired) electrons.